The standard InChI is InChI=1S/C10H20N4O/c1-8(2)10-12-9(13-15-10)7-14(3)6-4-5-11/h8H,4-7,11H2,1-3H3. The molecule has 1 aromatic rings. The van der Waals surface area contributed by atoms with Crippen LogP contribution in [0, 0.1) is 0 Å². The highest BCUT2D eigenvalue weighted by Gasteiger charge is 2.10. The second-order valence-electron chi connectivity index (χ2n) is 4.08. The van der Waals surface area contributed by atoms with Gasteiger partial charge < -0.3 is 10.3 Å². The number of hydrogen-bond acceptors (Lipinski definition) is 5. The second kappa shape index (κ2) is 5.82. The van der Waals surface area contributed by atoms with Crippen LogP contribution in [0.5, 0.6) is 0 Å². The van der Waals surface area contributed by atoms with Gasteiger partial charge in [0, 0.05) is 5.92 Å². The van der Waals surface area contributed by atoms with Crippen molar-refractivity contribution in [3.05, 3.63) is 11.7 Å². The minimum Gasteiger partial charge on any atom is -0.339 e. The summed E-state index contributed by atoms with van der Waals surface area (Å²) in [6.45, 7) is 6.47. The quantitative estimate of drug-likeness (QED) is 0.761. The highest BCUT2D eigenvalue weighted by atomic mass is 16.5. The van der Waals surface area contributed by atoms with Crippen molar-refractivity contribution in [1.29, 1.82) is 0 Å². The van der Waals surface area contributed by atoms with Crippen LogP contribution in [0.3, 0.4) is 0 Å². The van der Waals surface area contributed by atoms with E-state index in [0.29, 0.717) is 18.4 Å². The Hall–Kier alpha value is -0.940. The highest BCUT2D eigenvalue weighted by Crippen LogP contribution is 2.11. The maximum Gasteiger partial charge on any atom is 0.229 e. The zero-order chi connectivity index (χ0) is 11.3. The smallest absolute Gasteiger partial charge is 0.229 e. The zero-order valence-corrected chi connectivity index (χ0v) is 9.73. The molecule has 0 saturated heterocycles. The fourth-order valence-electron chi connectivity index (χ4n) is 1.25. The van der Waals surface area contributed by atoms with Crippen molar-refractivity contribution in [2.24, 2.45) is 5.73 Å². The molecule has 1 aromatic heterocycles. The molecule has 0 aliphatic rings. The van der Waals surface area contributed by atoms with E-state index in [9.17, 15) is 0 Å². The Morgan fingerprint density at radius 2 is 2.20 bits per heavy atom. The van der Waals surface area contributed by atoms with Crippen LogP contribution < -0.4 is 5.73 Å². The first kappa shape index (κ1) is 12.1. The van der Waals surface area contributed by atoms with Gasteiger partial charge in [-0.1, -0.05) is 19.0 Å². The average molecular weight is 212 g/mol. The Kier molecular flexibility index (Phi) is 4.71. The Labute approximate surface area is 90.6 Å². The van der Waals surface area contributed by atoms with Gasteiger partial charge in [-0.3, -0.25) is 4.90 Å². The lowest BCUT2D eigenvalue weighted by Gasteiger charge is -2.12. The third-order valence-corrected chi connectivity index (χ3v) is 2.13. The van der Waals surface area contributed by atoms with E-state index >= 15 is 0 Å². The van der Waals surface area contributed by atoms with Gasteiger partial charge in [0.05, 0.1) is 6.54 Å². The normalized spacial score (nSPS) is 11.6. The molecule has 0 unspecified atom stereocenters. The van der Waals surface area contributed by atoms with Gasteiger partial charge in [-0.2, -0.15) is 4.98 Å². The summed E-state index contributed by atoms with van der Waals surface area (Å²) in [7, 11) is 2.03. The van der Waals surface area contributed by atoms with Gasteiger partial charge in [0.15, 0.2) is 5.82 Å². The first-order valence-corrected chi connectivity index (χ1v) is 5.34. The molecule has 1 heterocycles. The first-order chi connectivity index (χ1) is 7.13. The van der Waals surface area contributed by atoms with E-state index in [1.54, 1.807) is 0 Å². The van der Waals surface area contributed by atoms with Gasteiger partial charge in [0.2, 0.25) is 5.89 Å². The SMILES string of the molecule is CC(C)c1nc(CN(C)CCCN)no1. The number of nitrogens with two attached hydrogens (primary N) is 1. The van der Waals surface area contributed by atoms with E-state index in [2.05, 4.69) is 15.0 Å². The molecular formula is C10H20N4O. The van der Waals surface area contributed by atoms with Crippen molar-refractivity contribution in [1.82, 2.24) is 15.0 Å². The van der Waals surface area contributed by atoms with Gasteiger partial charge in [0.25, 0.3) is 0 Å². The molecule has 0 bridgehead atoms. The summed E-state index contributed by atoms with van der Waals surface area (Å²) in [6.07, 6.45) is 0.991. The van der Waals surface area contributed by atoms with E-state index in [0.717, 1.165) is 25.3 Å². The molecule has 5 heteroatoms. The molecule has 0 radical (unpaired) electrons. The van der Waals surface area contributed by atoms with Crippen LogP contribution in [0.4, 0.5) is 0 Å². The van der Waals surface area contributed by atoms with Crippen molar-refractivity contribution in [3.63, 3.8) is 0 Å². The molecule has 0 spiro atoms. The molecule has 15 heavy (non-hydrogen) atoms. The first-order valence-electron chi connectivity index (χ1n) is 5.34. The molecule has 0 fully saturated rings. The largest absolute Gasteiger partial charge is 0.339 e. The maximum absolute atomic E-state index is 5.44. The summed E-state index contributed by atoms with van der Waals surface area (Å²) < 4.78 is 5.12. The van der Waals surface area contributed by atoms with E-state index in [-0.39, 0.29) is 0 Å². The summed E-state index contributed by atoms with van der Waals surface area (Å²) in [5.74, 6) is 1.75. The summed E-state index contributed by atoms with van der Waals surface area (Å²) in [5, 5.41) is 3.93. The molecule has 0 aromatic carbocycles. The molecule has 0 aliphatic heterocycles. The topological polar surface area (TPSA) is 68.2 Å². The number of aromatic nitrogens is 2. The van der Waals surface area contributed by atoms with E-state index in [1.165, 1.54) is 0 Å². The monoisotopic (exact) mass is 212 g/mol. The lowest BCUT2D eigenvalue weighted by atomic mass is 10.2. The number of hydrogen-bond donors (Lipinski definition) is 1. The van der Waals surface area contributed by atoms with E-state index in [4.69, 9.17) is 10.3 Å². The summed E-state index contributed by atoms with van der Waals surface area (Å²) in [6, 6.07) is 0. The minimum absolute atomic E-state index is 0.292. The Balaban J connectivity index is 2.42. The van der Waals surface area contributed by atoms with Gasteiger partial charge in [-0.15, -0.1) is 0 Å². The molecule has 0 atom stereocenters. The molecule has 86 valence electrons. The van der Waals surface area contributed by atoms with Gasteiger partial charge in [-0.25, -0.2) is 0 Å². The molecular weight excluding hydrogens is 192 g/mol. The van der Waals surface area contributed by atoms with Crippen LogP contribution in [0.15, 0.2) is 4.52 Å². The second-order valence-corrected chi connectivity index (χ2v) is 4.08. The zero-order valence-electron chi connectivity index (χ0n) is 9.73. The Morgan fingerprint density at radius 1 is 1.47 bits per heavy atom. The summed E-state index contributed by atoms with van der Waals surface area (Å²) in [5.41, 5.74) is 5.44. The summed E-state index contributed by atoms with van der Waals surface area (Å²) in [4.78, 5) is 6.45. The average Bonchev–Trinajstić information content (AvgIpc) is 2.63. The van der Waals surface area contributed by atoms with Crippen molar-refractivity contribution < 1.29 is 4.52 Å². The number of nitrogens with zero attached hydrogens (tertiary/aromatic N) is 3. The molecule has 1 rings (SSSR count). The third-order valence-electron chi connectivity index (χ3n) is 2.13. The summed E-state index contributed by atoms with van der Waals surface area (Å²) >= 11 is 0. The van der Waals surface area contributed by atoms with E-state index in [1.807, 2.05) is 20.9 Å². The molecule has 2 N–H and O–H groups in total. The van der Waals surface area contributed by atoms with Crippen molar-refractivity contribution in [3.8, 4) is 0 Å². The molecule has 0 amide bonds. The van der Waals surface area contributed by atoms with Crippen molar-refractivity contribution >= 4 is 0 Å². The van der Waals surface area contributed by atoms with Crippen molar-refractivity contribution in [2.75, 3.05) is 20.1 Å². The molecule has 0 saturated carbocycles. The Morgan fingerprint density at radius 3 is 2.73 bits per heavy atom. The van der Waals surface area contributed by atoms with Crippen LogP contribution in [0.1, 0.15) is 37.9 Å². The van der Waals surface area contributed by atoms with Crippen molar-refractivity contribution in [2.45, 2.75) is 32.7 Å². The van der Waals surface area contributed by atoms with E-state index < -0.39 is 0 Å². The number of rotatable bonds is 6. The highest BCUT2D eigenvalue weighted by molar-refractivity contribution is 4.90. The minimum atomic E-state index is 0.292. The van der Waals surface area contributed by atoms with Gasteiger partial charge in [0.1, 0.15) is 0 Å². The molecule has 0 aliphatic carbocycles. The lowest BCUT2D eigenvalue weighted by Crippen LogP contribution is -2.21. The predicted octanol–water partition coefficient (Wildman–Crippen LogP) is 0.974. The van der Waals surface area contributed by atoms with Crippen LogP contribution in [-0.2, 0) is 6.54 Å². The maximum atomic E-state index is 5.44. The Bertz CT molecular complexity index is 285. The third kappa shape index (κ3) is 3.97. The van der Waals surface area contributed by atoms with Crippen LogP contribution >= 0.6 is 0 Å². The molecule has 5 nitrogen and oxygen atoms in total. The van der Waals surface area contributed by atoms with Crippen LogP contribution in [0.25, 0.3) is 0 Å². The van der Waals surface area contributed by atoms with Gasteiger partial charge >= 0.3 is 0 Å². The van der Waals surface area contributed by atoms with Crippen LogP contribution in [-0.4, -0.2) is 35.2 Å². The predicted molar refractivity (Wildman–Crippen MR) is 58.4 cm³/mol. The van der Waals surface area contributed by atoms with Gasteiger partial charge in [-0.05, 0) is 26.6 Å². The fourth-order valence-corrected chi connectivity index (χ4v) is 1.25. The fraction of sp³-hybridized carbons (Fsp3) is 0.800. The van der Waals surface area contributed by atoms with Crippen LogP contribution in [0.2, 0.25) is 0 Å². The lowest BCUT2D eigenvalue weighted by molar-refractivity contribution is 0.303.